The normalized spacial score (nSPS) is 38.4. The summed E-state index contributed by atoms with van der Waals surface area (Å²) < 4.78 is 3.31. The zero-order valence-electron chi connectivity index (χ0n) is 27.7. The fourth-order valence-corrected chi connectivity index (χ4v) is 12.0. The van der Waals surface area contributed by atoms with E-state index < -0.39 is 0 Å². The Morgan fingerprint density at radius 3 is 2.36 bits per heavy atom. The van der Waals surface area contributed by atoms with E-state index in [0.717, 1.165) is 51.9 Å². The molecular weight excluding hydrogens is 638 g/mol. The molecule has 0 aliphatic heterocycles. The number of aliphatic hydroxyl groups is 1. The average molecular weight is 687 g/mol. The summed E-state index contributed by atoms with van der Waals surface area (Å²) in [5.41, 5.74) is 6.99. The third-order valence-electron chi connectivity index (χ3n) is 14.3. The largest absolute Gasteiger partial charge is 0.393 e. The van der Waals surface area contributed by atoms with Gasteiger partial charge in [-0.25, -0.2) is 0 Å². The van der Waals surface area contributed by atoms with Crippen LogP contribution in [-0.4, -0.2) is 21.5 Å². The second kappa shape index (κ2) is 10.9. The summed E-state index contributed by atoms with van der Waals surface area (Å²) in [6, 6.07) is 19.0. The molecule has 4 aliphatic rings. The van der Waals surface area contributed by atoms with Gasteiger partial charge in [-0.1, -0.05) is 92.5 Å². The lowest BCUT2D eigenvalue weighted by atomic mass is 9.31. The van der Waals surface area contributed by atoms with Crippen molar-refractivity contribution in [2.75, 3.05) is 0 Å². The van der Waals surface area contributed by atoms with Crippen molar-refractivity contribution in [3.63, 3.8) is 0 Å². The van der Waals surface area contributed by atoms with E-state index in [0.29, 0.717) is 5.92 Å². The number of fused-ring (bicyclic) bond motifs is 5. The van der Waals surface area contributed by atoms with Crippen LogP contribution in [-0.2, 0) is 0 Å². The Morgan fingerprint density at radius 1 is 0.889 bits per heavy atom. The molecule has 4 nitrogen and oxygen atoms in total. The summed E-state index contributed by atoms with van der Waals surface area (Å²) in [4.78, 5) is 0.893. The Hall–Kier alpha value is -2.28. The lowest BCUT2D eigenvalue weighted by Gasteiger charge is -2.73. The van der Waals surface area contributed by atoms with Gasteiger partial charge in [0.15, 0.2) is 0 Å². The molecule has 6 heteroatoms. The molecule has 0 amide bonds. The van der Waals surface area contributed by atoms with Gasteiger partial charge in [-0.05, 0) is 115 Å². The van der Waals surface area contributed by atoms with E-state index in [1.807, 2.05) is 0 Å². The molecule has 7 rings (SSSR count). The number of thiazole rings is 1. The molecule has 1 N–H and O–H groups in total. The van der Waals surface area contributed by atoms with Crippen molar-refractivity contribution in [2.45, 2.75) is 99.0 Å². The van der Waals surface area contributed by atoms with Crippen molar-refractivity contribution in [3.05, 3.63) is 80.9 Å². The molecule has 1 aromatic heterocycles. The standard InChI is InChI=1S/C39H48BrN3OS/c1-26(41-42-34-43(30-10-8-7-9-11-30)33(25-45-34)27-12-14-29(40)15-13-27)32-18-21-37(4)36(32,3)22-23-38(5)35(2)19-17-31(44)24-28(35)16-20-39(37,38)6/h7-16,25,31-32,44H,17-24H2,1-6H3/b41-26+,42-34-/t31-,32?,35-,36+,37+,38+,39-/m0/s1. The first-order valence-corrected chi connectivity index (χ1v) is 18.5. The summed E-state index contributed by atoms with van der Waals surface area (Å²) in [6.07, 6.45) is 11.2. The van der Waals surface area contributed by atoms with E-state index in [9.17, 15) is 5.11 Å². The quantitative estimate of drug-likeness (QED) is 0.166. The van der Waals surface area contributed by atoms with Crippen molar-refractivity contribution < 1.29 is 5.11 Å². The molecule has 4 aliphatic carbocycles. The third-order valence-corrected chi connectivity index (χ3v) is 15.7. The predicted molar refractivity (Wildman–Crippen MR) is 191 cm³/mol. The number of aromatic nitrogens is 1. The van der Waals surface area contributed by atoms with Crippen molar-refractivity contribution in [2.24, 2.45) is 43.2 Å². The second-order valence-electron chi connectivity index (χ2n) is 15.6. The smallest absolute Gasteiger partial charge is 0.215 e. The molecule has 0 saturated heterocycles. The van der Waals surface area contributed by atoms with Crippen molar-refractivity contribution in [1.29, 1.82) is 0 Å². The highest BCUT2D eigenvalue weighted by Crippen LogP contribution is 2.80. The molecule has 2 aromatic carbocycles. The zero-order chi connectivity index (χ0) is 31.8. The van der Waals surface area contributed by atoms with E-state index in [1.165, 1.54) is 37.0 Å². The van der Waals surface area contributed by atoms with E-state index in [4.69, 9.17) is 10.2 Å². The van der Waals surface area contributed by atoms with Crippen LogP contribution in [0.1, 0.15) is 92.9 Å². The summed E-state index contributed by atoms with van der Waals surface area (Å²) in [6.45, 7) is 15.2. The molecule has 45 heavy (non-hydrogen) atoms. The van der Waals surface area contributed by atoms with Gasteiger partial charge in [-0.3, -0.25) is 4.57 Å². The van der Waals surface area contributed by atoms with Gasteiger partial charge >= 0.3 is 0 Å². The molecule has 0 radical (unpaired) electrons. The van der Waals surface area contributed by atoms with Crippen LogP contribution in [0, 0.1) is 33.0 Å². The van der Waals surface area contributed by atoms with Crippen LogP contribution in [0.5, 0.6) is 0 Å². The van der Waals surface area contributed by atoms with E-state index in [2.05, 4.69) is 128 Å². The summed E-state index contributed by atoms with van der Waals surface area (Å²) in [5.74, 6) is 0.412. The van der Waals surface area contributed by atoms with Gasteiger partial charge < -0.3 is 5.11 Å². The van der Waals surface area contributed by atoms with Gasteiger partial charge in [0.25, 0.3) is 0 Å². The van der Waals surface area contributed by atoms with Crippen LogP contribution in [0.25, 0.3) is 16.9 Å². The van der Waals surface area contributed by atoms with E-state index >= 15 is 0 Å². The van der Waals surface area contributed by atoms with Crippen LogP contribution in [0.4, 0.5) is 0 Å². The number of hydrogen-bond acceptors (Lipinski definition) is 4. The molecule has 238 valence electrons. The second-order valence-corrected chi connectivity index (χ2v) is 17.3. The summed E-state index contributed by atoms with van der Waals surface area (Å²) in [7, 11) is 0. The van der Waals surface area contributed by atoms with Gasteiger partial charge in [-0.15, -0.1) is 16.4 Å². The third kappa shape index (κ3) is 4.37. The molecule has 7 atom stereocenters. The SMILES string of the molecule is C/C(=N\N=c1/scc(-c2ccc(Br)cc2)n1-c1ccccc1)C1CC[C@@]2(C)[C@]3(C)CC=C4C[C@@H](O)CC[C@]4(C)[C@@]3(C)CC[C@]12C. The molecule has 0 bridgehead atoms. The zero-order valence-corrected chi connectivity index (χ0v) is 30.1. The molecular formula is C39H48BrN3OS. The minimum Gasteiger partial charge on any atom is -0.393 e. The lowest BCUT2D eigenvalue weighted by molar-refractivity contribution is -0.216. The van der Waals surface area contributed by atoms with Crippen LogP contribution in [0.2, 0.25) is 0 Å². The summed E-state index contributed by atoms with van der Waals surface area (Å²) in [5, 5.41) is 22.8. The number of para-hydroxylation sites is 1. The maximum atomic E-state index is 10.6. The molecule has 1 heterocycles. The predicted octanol–water partition coefficient (Wildman–Crippen LogP) is 10.4. The van der Waals surface area contributed by atoms with Crippen LogP contribution < -0.4 is 4.80 Å². The fraction of sp³-hybridized carbons (Fsp3) is 0.538. The van der Waals surface area contributed by atoms with Gasteiger partial charge in [0.1, 0.15) is 0 Å². The highest BCUT2D eigenvalue weighted by Gasteiger charge is 2.73. The van der Waals surface area contributed by atoms with E-state index in [1.54, 1.807) is 11.3 Å². The van der Waals surface area contributed by atoms with Crippen molar-refractivity contribution >= 4 is 33.0 Å². The number of benzene rings is 2. The van der Waals surface area contributed by atoms with Crippen LogP contribution in [0.3, 0.4) is 0 Å². The number of aliphatic hydroxyl groups excluding tert-OH is 1. The molecule has 3 aromatic rings. The molecule has 0 spiro atoms. The van der Waals surface area contributed by atoms with Gasteiger partial charge in [0, 0.05) is 27.2 Å². The molecule has 3 saturated carbocycles. The Morgan fingerprint density at radius 2 is 1.62 bits per heavy atom. The fourth-order valence-electron chi connectivity index (χ4n) is 10.9. The monoisotopic (exact) mass is 685 g/mol. The minimum atomic E-state index is -0.171. The Balaban J connectivity index is 1.26. The Labute approximate surface area is 281 Å². The summed E-state index contributed by atoms with van der Waals surface area (Å²) >= 11 is 5.24. The first-order chi connectivity index (χ1) is 21.4. The maximum absolute atomic E-state index is 10.6. The van der Waals surface area contributed by atoms with Gasteiger partial charge in [0.2, 0.25) is 4.80 Å². The first kappa shape index (κ1) is 31.3. The Bertz CT molecular complexity index is 1740. The molecule has 3 fully saturated rings. The number of allylic oxidation sites excluding steroid dienone is 1. The first-order valence-electron chi connectivity index (χ1n) is 16.8. The average Bonchev–Trinajstić information content (AvgIpc) is 3.58. The molecule has 1 unspecified atom stereocenters. The van der Waals surface area contributed by atoms with Gasteiger partial charge in [-0.2, -0.15) is 5.10 Å². The van der Waals surface area contributed by atoms with E-state index in [-0.39, 0.29) is 33.2 Å². The number of rotatable bonds is 4. The van der Waals surface area contributed by atoms with Crippen LogP contribution in [0.15, 0.2) is 86.3 Å². The number of nitrogens with zero attached hydrogens (tertiary/aromatic N) is 3. The topological polar surface area (TPSA) is 49.9 Å². The van der Waals surface area contributed by atoms with Crippen molar-refractivity contribution in [1.82, 2.24) is 4.57 Å². The van der Waals surface area contributed by atoms with Crippen LogP contribution >= 0.6 is 27.3 Å². The lowest BCUT2D eigenvalue weighted by Crippen LogP contribution is -2.66. The number of hydrogen-bond donors (Lipinski definition) is 1. The van der Waals surface area contributed by atoms with Gasteiger partial charge in [0.05, 0.1) is 11.8 Å². The highest BCUT2D eigenvalue weighted by atomic mass is 79.9. The van der Waals surface area contributed by atoms with Crippen molar-refractivity contribution in [3.8, 4) is 16.9 Å². The highest BCUT2D eigenvalue weighted by molar-refractivity contribution is 9.10. The Kier molecular flexibility index (Phi) is 7.58. The maximum Gasteiger partial charge on any atom is 0.215 e. The minimum absolute atomic E-state index is 0.160. The number of halogens is 1.